The quantitative estimate of drug-likeness (QED) is 0.568. The molecule has 0 spiro atoms. The molecule has 18 heavy (non-hydrogen) atoms. The van der Waals surface area contributed by atoms with Crippen LogP contribution < -0.4 is 17.0 Å². The maximum absolute atomic E-state index is 13.4. The number of nitrogens with zero attached hydrogens (tertiary/aromatic N) is 1. The maximum Gasteiger partial charge on any atom is 0.128 e. The minimum atomic E-state index is -0.381. The fraction of sp³-hybridized carbons (Fsp3) is 0.154. The van der Waals surface area contributed by atoms with Gasteiger partial charge in [0.1, 0.15) is 11.6 Å². The van der Waals surface area contributed by atoms with Gasteiger partial charge in [0, 0.05) is 11.8 Å². The van der Waals surface area contributed by atoms with Crippen LogP contribution in [0.4, 0.5) is 10.2 Å². The standard InChI is InChI=1S/C13H15FN4/c1-8-5-9(7-10(14)6-8)12(18-16)11-3-2-4-17-13(11)15/h2-7,12,18H,16H2,1H3,(H2,15,17). The van der Waals surface area contributed by atoms with Gasteiger partial charge in [-0.1, -0.05) is 12.1 Å². The molecule has 1 heterocycles. The van der Waals surface area contributed by atoms with E-state index in [4.69, 9.17) is 11.6 Å². The van der Waals surface area contributed by atoms with E-state index in [0.717, 1.165) is 16.7 Å². The number of benzene rings is 1. The van der Waals surface area contributed by atoms with Gasteiger partial charge < -0.3 is 5.73 Å². The summed E-state index contributed by atoms with van der Waals surface area (Å²) >= 11 is 0. The molecular formula is C13H15FN4. The average molecular weight is 246 g/mol. The van der Waals surface area contributed by atoms with E-state index in [1.165, 1.54) is 12.1 Å². The van der Waals surface area contributed by atoms with E-state index >= 15 is 0 Å². The average Bonchev–Trinajstić information content (AvgIpc) is 2.31. The Balaban J connectivity index is 2.48. The largest absolute Gasteiger partial charge is 0.383 e. The molecule has 0 bridgehead atoms. The fourth-order valence-corrected chi connectivity index (χ4v) is 1.97. The SMILES string of the molecule is Cc1cc(F)cc(C(NN)c2cccnc2N)c1. The molecule has 0 saturated carbocycles. The van der Waals surface area contributed by atoms with E-state index in [0.29, 0.717) is 5.82 Å². The highest BCUT2D eigenvalue weighted by molar-refractivity contribution is 5.46. The lowest BCUT2D eigenvalue weighted by Crippen LogP contribution is -2.29. The molecule has 94 valence electrons. The van der Waals surface area contributed by atoms with Crippen molar-refractivity contribution >= 4 is 5.82 Å². The Morgan fingerprint density at radius 3 is 2.72 bits per heavy atom. The summed E-state index contributed by atoms with van der Waals surface area (Å²) in [7, 11) is 0. The molecule has 0 aliphatic rings. The fourth-order valence-electron chi connectivity index (χ4n) is 1.97. The molecule has 1 aromatic heterocycles. The second kappa shape index (κ2) is 5.12. The molecule has 0 aliphatic carbocycles. The van der Waals surface area contributed by atoms with Crippen molar-refractivity contribution < 1.29 is 4.39 Å². The van der Waals surface area contributed by atoms with Crippen LogP contribution in [0.25, 0.3) is 0 Å². The predicted molar refractivity (Wildman–Crippen MR) is 69.0 cm³/mol. The molecule has 0 saturated heterocycles. The molecule has 1 aromatic carbocycles. The van der Waals surface area contributed by atoms with E-state index < -0.39 is 0 Å². The van der Waals surface area contributed by atoms with Gasteiger partial charge in [0.2, 0.25) is 0 Å². The van der Waals surface area contributed by atoms with Gasteiger partial charge in [-0.25, -0.2) is 14.8 Å². The van der Waals surface area contributed by atoms with E-state index in [2.05, 4.69) is 10.4 Å². The van der Waals surface area contributed by atoms with Crippen molar-refractivity contribution in [1.82, 2.24) is 10.4 Å². The topological polar surface area (TPSA) is 77.0 Å². The Bertz CT molecular complexity index is 536. The predicted octanol–water partition coefficient (Wildman–Crippen LogP) is 1.66. The summed E-state index contributed by atoms with van der Waals surface area (Å²) < 4.78 is 13.4. The normalized spacial score (nSPS) is 12.4. The zero-order valence-electron chi connectivity index (χ0n) is 10.0. The van der Waals surface area contributed by atoms with Gasteiger partial charge in [0.25, 0.3) is 0 Å². The van der Waals surface area contributed by atoms with E-state index in [1.807, 2.05) is 19.1 Å². The third-order valence-corrected chi connectivity index (χ3v) is 2.75. The van der Waals surface area contributed by atoms with Gasteiger partial charge in [-0.05, 0) is 36.2 Å². The summed E-state index contributed by atoms with van der Waals surface area (Å²) in [6.45, 7) is 1.83. The van der Waals surface area contributed by atoms with Gasteiger partial charge in [-0.15, -0.1) is 0 Å². The Hall–Kier alpha value is -1.98. The van der Waals surface area contributed by atoms with Crippen molar-refractivity contribution in [1.29, 1.82) is 0 Å². The molecule has 1 atom stereocenters. The first-order chi connectivity index (χ1) is 8.61. The van der Waals surface area contributed by atoms with Crippen molar-refractivity contribution in [2.45, 2.75) is 13.0 Å². The second-order valence-electron chi connectivity index (χ2n) is 4.14. The number of halogens is 1. The highest BCUT2D eigenvalue weighted by atomic mass is 19.1. The Morgan fingerprint density at radius 2 is 2.11 bits per heavy atom. The number of rotatable bonds is 3. The van der Waals surface area contributed by atoms with Gasteiger partial charge in [-0.3, -0.25) is 5.84 Å². The molecule has 1 unspecified atom stereocenters. The van der Waals surface area contributed by atoms with Crippen LogP contribution in [0.2, 0.25) is 0 Å². The number of aryl methyl sites for hydroxylation is 1. The minimum absolute atomic E-state index is 0.298. The van der Waals surface area contributed by atoms with Gasteiger partial charge in [0.15, 0.2) is 0 Å². The zero-order chi connectivity index (χ0) is 13.1. The molecule has 2 aromatic rings. The molecule has 5 N–H and O–H groups in total. The van der Waals surface area contributed by atoms with Crippen LogP contribution >= 0.6 is 0 Å². The summed E-state index contributed by atoms with van der Waals surface area (Å²) in [6.07, 6.45) is 1.60. The number of aromatic nitrogens is 1. The molecule has 0 fully saturated rings. The van der Waals surface area contributed by atoms with Crippen molar-refractivity contribution in [3.05, 3.63) is 59.0 Å². The Kier molecular flexibility index (Phi) is 3.55. The van der Waals surface area contributed by atoms with E-state index in [1.54, 1.807) is 12.3 Å². The number of nitrogens with one attached hydrogen (secondary N) is 1. The summed E-state index contributed by atoms with van der Waals surface area (Å²) in [4.78, 5) is 4.01. The summed E-state index contributed by atoms with van der Waals surface area (Å²) in [6, 6.07) is 7.95. The number of hydrazine groups is 1. The lowest BCUT2D eigenvalue weighted by atomic mass is 9.98. The number of nitrogens with two attached hydrogens (primary N) is 2. The van der Waals surface area contributed by atoms with E-state index in [9.17, 15) is 4.39 Å². The number of anilines is 1. The molecule has 5 heteroatoms. The second-order valence-corrected chi connectivity index (χ2v) is 4.14. The molecule has 0 amide bonds. The van der Waals surface area contributed by atoms with Crippen LogP contribution in [0.5, 0.6) is 0 Å². The van der Waals surface area contributed by atoms with Crippen LogP contribution in [-0.2, 0) is 0 Å². The number of hydrogen-bond acceptors (Lipinski definition) is 4. The number of nitrogen functional groups attached to an aromatic ring is 1. The van der Waals surface area contributed by atoms with Crippen LogP contribution in [0.1, 0.15) is 22.7 Å². The Morgan fingerprint density at radius 1 is 1.33 bits per heavy atom. The minimum Gasteiger partial charge on any atom is -0.383 e. The molecule has 4 nitrogen and oxygen atoms in total. The highest BCUT2D eigenvalue weighted by Crippen LogP contribution is 2.25. The molecule has 0 radical (unpaired) electrons. The number of hydrogen-bond donors (Lipinski definition) is 3. The highest BCUT2D eigenvalue weighted by Gasteiger charge is 2.16. The van der Waals surface area contributed by atoms with E-state index in [-0.39, 0.29) is 11.9 Å². The summed E-state index contributed by atoms with van der Waals surface area (Å²) in [5.74, 6) is 5.63. The van der Waals surface area contributed by atoms with Crippen LogP contribution in [0.15, 0.2) is 36.5 Å². The lowest BCUT2D eigenvalue weighted by Gasteiger charge is -2.18. The summed E-state index contributed by atoms with van der Waals surface area (Å²) in [5.41, 5.74) is 10.7. The number of pyridine rings is 1. The van der Waals surface area contributed by atoms with Crippen LogP contribution in [-0.4, -0.2) is 4.98 Å². The zero-order valence-corrected chi connectivity index (χ0v) is 10.0. The first-order valence-corrected chi connectivity index (χ1v) is 5.55. The third-order valence-electron chi connectivity index (χ3n) is 2.75. The van der Waals surface area contributed by atoms with Gasteiger partial charge in [-0.2, -0.15) is 0 Å². The smallest absolute Gasteiger partial charge is 0.128 e. The lowest BCUT2D eigenvalue weighted by molar-refractivity contribution is 0.604. The monoisotopic (exact) mass is 246 g/mol. The van der Waals surface area contributed by atoms with Gasteiger partial charge >= 0.3 is 0 Å². The van der Waals surface area contributed by atoms with Crippen molar-refractivity contribution in [3.63, 3.8) is 0 Å². The molecule has 0 aliphatic heterocycles. The Labute approximate surface area is 105 Å². The van der Waals surface area contributed by atoms with Crippen LogP contribution in [0, 0.1) is 12.7 Å². The molecular weight excluding hydrogens is 231 g/mol. The first-order valence-electron chi connectivity index (χ1n) is 5.55. The van der Waals surface area contributed by atoms with Gasteiger partial charge in [0.05, 0.1) is 6.04 Å². The maximum atomic E-state index is 13.4. The molecule has 2 rings (SSSR count). The van der Waals surface area contributed by atoms with Crippen molar-refractivity contribution in [2.75, 3.05) is 5.73 Å². The third kappa shape index (κ3) is 2.47. The summed E-state index contributed by atoms with van der Waals surface area (Å²) in [5, 5.41) is 0. The first kappa shape index (κ1) is 12.5. The van der Waals surface area contributed by atoms with Crippen LogP contribution in [0.3, 0.4) is 0 Å². The van der Waals surface area contributed by atoms with Crippen molar-refractivity contribution in [3.8, 4) is 0 Å². The van der Waals surface area contributed by atoms with Crippen molar-refractivity contribution in [2.24, 2.45) is 5.84 Å².